The van der Waals surface area contributed by atoms with Gasteiger partial charge in [-0.2, -0.15) is 10.4 Å². The minimum Gasteiger partial charge on any atom is -0.462 e. The average molecular weight is 466 g/mol. The molecule has 0 aliphatic rings. The second-order valence-corrected chi connectivity index (χ2v) is 9.03. The number of amides is 1. The summed E-state index contributed by atoms with van der Waals surface area (Å²) < 4.78 is 6.82. The largest absolute Gasteiger partial charge is 0.462 e. The van der Waals surface area contributed by atoms with Crippen molar-refractivity contribution in [2.75, 3.05) is 11.9 Å². The van der Waals surface area contributed by atoms with Gasteiger partial charge in [-0.1, -0.05) is 6.07 Å². The van der Waals surface area contributed by atoms with Crippen molar-refractivity contribution in [3.05, 3.63) is 61.9 Å². The van der Waals surface area contributed by atoms with Crippen molar-refractivity contribution in [1.29, 1.82) is 5.26 Å². The van der Waals surface area contributed by atoms with Gasteiger partial charge in [-0.25, -0.2) is 14.5 Å². The second kappa shape index (κ2) is 8.90. The number of hydrogen-bond donors (Lipinski definition) is 1. The Morgan fingerprint density at radius 1 is 1.34 bits per heavy atom. The van der Waals surface area contributed by atoms with E-state index in [1.807, 2.05) is 24.4 Å². The SMILES string of the molecule is CCOC(=O)c1sc(NC(=O)c2cc(C)nc3c2cnn3Cc2cccs2)c(C#N)c1C. The number of aryl methyl sites for hydroxylation is 1. The van der Waals surface area contributed by atoms with Crippen molar-refractivity contribution in [2.24, 2.45) is 0 Å². The number of nitrogens with zero attached hydrogens (tertiary/aromatic N) is 4. The van der Waals surface area contributed by atoms with E-state index >= 15 is 0 Å². The van der Waals surface area contributed by atoms with Crippen LogP contribution in [0.3, 0.4) is 0 Å². The number of aromatic nitrogens is 3. The maximum absolute atomic E-state index is 13.2. The van der Waals surface area contributed by atoms with Crippen molar-refractivity contribution in [2.45, 2.75) is 27.3 Å². The molecule has 32 heavy (non-hydrogen) atoms. The predicted molar refractivity (Wildman–Crippen MR) is 123 cm³/mol. The van der Waals surface area contributed by atoms with E-state index in [9.17, 15) is 14.9 Å². The van der Waals surface area contributed by atoms with Crippen molar-refractivity contribution in [3.63, 3.8) is 0 Å². The highest BCUT2D eigenvalue weighted by atomic mass is 32.1. The number of carbonyl (C=O) groups is 2. The summed E-state index contributed by atoms with van der Waals surface area (Å²) in [5.74, 6) is -0.909. The van der Waals surface area contributed by atoms with Crippen LogP contribution in [0.5, 0.6) is 0 Å². The van der Waals surface area contributed by atoms with E-state index in [1.54, 1.807) is 42.1 Å². The lowest BCUT2D eigenvalue weighted by Crippen LogP contribution is -2.13. The molecular weight excluding hydrogens is 446 g/mol. The molecular formula is C22H19N5O3S2. The van der Waals surface area contributed by atoms with Gasteiger partial charge in [0.2, 0.25) is 0 Å². The number of ether oxygens (including phenoxy) is 1. The molecule has 0 fully saturated rings. The molecule has 4 aromatic heterocycles. The lowest BCUT2D eigenvalue weighted by atomic mass is 10.1. The van der Waals surface area contributed by atoms with Crippen LogP contribution in [0.4, 0.5) is 5.00 Å². The summed E-state index contributed by atoms with van der Waals surface area (Å²) in [6, 6.07) is 7.76. The van der Waals surface area contributed by atoms with E-state index in [2.05, 4.69) is 21.5 Å². The zero-order valence-electron chi connectivity index (χ0n) is 17.6. The number of anilines is 1. The lowest BCUT2D eigenvalue weighted by Gasteiger charge is -2.07. The van der Waals surface area contributed by atoms with E-state index in [0.29, 0.717) is 44.3 Å². The number of nitrogens with one attached hydrogen (secondary N) is 1. The monoisotopic (exact) mass is 465 g/mol. The van der Waals surface area contributed by atoms with Gasteiger partial charge < -0.3 is 10.1 Å². The highest BCUT2D eigenvalue weighted by Crippen LogP contribution is 2.34. The van der Waals surface area contributed by atoms with Crippen LogP contribution in [-0.4, -0.2) is 33.2 Å². The van der Waals surface area contributed by atoms with Crippen LogP contribution in [0.2, 0.25) is 0 Å². The third-order valence-corrected chi connectivity index (χ3v) is 6.86. The fraction of sp³-hybridized carbons (Fsp3) is 0.227. The van der Waals surface area contributed by atoms with Crippen molar-refractivity contribution in [3.8, 4) is 6.07 Å². The maximum Gasteiger partial charge on any atom is 0.348 e. The average Bonchev–Trinajstić information content (AvgIpc) is 3.48. The zero-order valence-corrected chi connectivity index (χ0v) is 19.3. The molecule has 4 rings (SSSR count). The van der Waals surface area contributed by atoms with E-state index in [4.69, 9.17) is 4.74 Å². The van der Waals surface area contributed by atoms with Gasteiger partial charge in [-0.05, 0) is 43.8 Å². The highest BCUT2D eigenvalue weighted by molar-refractivity contribution is 7.18. The molecule has 0 saturated heterocycles. The molecule has 8 nitrogen and oxygen atoms in total. The van der Waals surface area contributed by atoms with E-state index in [-0.39, 0.29) is 12.2 Å². The van der Waals surface area contributed by atoms with Crippen LogP contribution < -0.4 is 5.32 Å². The molecule has 1 amide bonds. The quantitative estimate of drug-likeness (QED) is 0.419. The molecule has 0 aliphatic heterocycles. The molecule has 0 atom stereocenters. The van der Waals surface area contributed by atoms with Crippen LogP contribution in [0.25, 0.3) is 11.0 Å². The van der Waals surface area contributed by atoms with Crippen LogP contribution in [0.15, 0.2) is 29.8 Å². The Hall–Kier alpha value is -3.55. The first-order valence-corrected chi connectivity index (χ1v) is 11.5. The standard InChI is InChI=1S/C22H19N5O3S2/c1-4-30-22(29)18-13(3)16(9-23)21(32-18)26-20(28)15-8-12(2)25-19-17(15)10-24-27(19)11-14-6-5-7-31-14/h5-8,10H,4,11H2,1-3H3,(H,26,28). The first kappa shape index (κ1) is 21.7. The van der Waals surface area contributed by atoms with Gasteiger partial charge in [0.1, 0.15) is 15.9 Å². The summed E-state index contributed by atoms with van der Waals surface area (Å²) in [7, 11) is 0. The summed E-state index contributed by atoms with van der Waals surface area (Å²) in [6.45, 7) is 5.98. The third-order valence-electron chi connectivity index (χ3n) is 4.81. The van der Waals surface area contributed by atoms with E-state index < -0.39 is 11.9 Å². The van der Waals surface area contributed by atoms with Gasteiger partial charge in [-0.15, -0.1) is 22.7 Å². The molecule has 0 unspecified atom stereocenters. The van der Waals surface area contributed by atoms with Gasteiger partial charge in [0.05, 0.1) is 35.9 Å². The number of thiophene rings is 2. The molecule has 0 spiro atoms. The number of nitriles is 1. The Bertz CT molecular complexity index is 1360. The van der Waals surface area contributed by atoms with Gasteiger partial charge in [-0.3, -0.25) is 4.79 Å². The third kappa shape index (κ3) is 4.00. The fourth-order valence-electron chi connectivity index (χ4n) is 3.32. The number of rotatable bonds is 6. The molecule has 0 radical (unpaired) electrons. The topological polar surface area (TPSA) is 110 Å². The van der Waals surface area contributed by atoms with Crippen LogP contribution >= 0.6 is 22.7 Å². The first-order chi connectivity index (χ1) is 15.4. The molecule has 0 aliphatic carbocycles. The van der Waals surface area contributed by atoms with Gasteiger partial charge in [0.25, 0.3) is 5.91 Å². The molecule has 10 heteroatoms. The molecule has 0 aromatic carbocycles. The maximum atomic E-state index is 13.2. The Morgan fingerprint density at radius 3 is 2.84 bits per heavy atom. The number of carbonyl (C=O) groups excluding carboxylic acids is 2. The first-order valence-electron chi connectivity index (χ1n) is 9.80. The number of fused-ring (bicyclic) bond motifs is 1. The lowest BCUT2D eigenvalue weighted by molar-refractivity contribution is 0.0531. The molecule has 4 heterocycles. The minimum atomic E-state index is -0.510. The molecule has 0 bridgehead atoms. The summed E-state index contributed by atoms with van der Waals surface area (Å²) in [5.41, 5.74) is 2.43. The van der Waals surface area contributed by atoms with Gasteiger partial charge in [0, 0.05) is 10.6 Å². The predicted octanol–water partition coefficient (Wildman–Crippen LogP) is 4.52. The summed E-state index contributed by atoms with van der Waals surface area (Å²) in [6.07, 6.45) is 1.62. The molecule has 1 N–H and O–H groups in total. The summed E-state index contributed by atoms with van der Waals surface area (Å²) >= 11 is 2.66. The Kier molecular flexibility index (Phi) is 6.03. The highest BCUT2D eigenvalue weighted by Gasteiger charge is 2.24. The molecule has 0 saturated carbocycles. The molecule has 4 aromatic rings. The van der Waals surface area contributed by atoms with Gasteiger partial charge >= 0.3 is 5.97 Å². The van der Waals surface area contributed by atoms with Crippen molar-refractivity contribution < 1.29 is 14.3 Å². The minimum absolute atomic E-state index is 0.226. The second-order valence-electron chi connectivity index (χ2n) is 6.98. The van der Waals surface area contributed by atoms with Crippen molar-refractivity contribution in [1.82, 2.24) is 14.8 Å². The Morgan fingerprint density at radius 2 is 2.16 bits per heavy atom. The van der Waals surface area contributed by atoms with Crippen molar-refractivity contribution >= 4 is 50.6 Å². The molecule has 162 valence electrons. The van der Waals surface area contributed by atoms with E-state index in [1.165, 1.54) is 0 Å². The number of pyridine rings is 1. The van der Waals surface area contributed by atoms with Crippen LogP contribution in [0.1, 0.15) is 48.7 Å². The van der Waals surface area contributed by atoms with Crippen LogP contribution in [-0.2, 0) is 11.3 Å². The van der Waals surface area contributed by atoms with Crippen LogP contribution in [0, 0.1) is 25.2 Å². The fourth-order valence-corrected chi connectivity index (χ4v) is 5.06. The van der Waals surface area contributed by atoms with Gasteiger partial charge in [0.15, 0.2) is 5.65 Å². The summed E-state index contributed by atoms with van der Waals surface area (Å²) in [4.78, 5) is 31.4. The number of esters is 1. The van der Waals surface area contributed by atoms with E-state index in [0.717, 1.165) is 16.2 Å². The Labute approximate surface area is 192 Å². The summed E-state index contributed by atoms with van der Waals surface area (Å²) in [5, 5.41) is 19.7. The smallest absolute Gasteiger partial charge is 0.348 e. The zero-order chi connectivity index (χ0) is 22.8. The normalized spacial score (nSPS) is 10.8. The Balaban J connectivity index is 1.69. The number of hydrogen-bond acceptors (Lipinski definition) is 8.